The smallest absolute Gasteiger partial charge is 0.331 e. The van der Waals surface area contributed by atoms with Crippen LogP contribution in [0.15, 0.2) is 12.3 Å². The zero-order valence-corrected chi connectivity index (χ0v) is 8.41. The highest BCUT2D eigenvalue weighted by Gasteiger charge is 1.98. The zero-order valence-electron chi connectivity index (χ0n) is 8.41. The average molecular weight is 201 g/mol. The maximum absolute atomic E-state index is 10.8. The lowest BCUT2D eigenvalue weighted by Crippen LogP contribution is -2.14. The molecule has 5 nitrogen and oxygen atoms in total. The molecule has 0 unspecified atom stereocenters. The summed E-state index contributed by atoms with van der Waals surface area (Å²) in [6.45, 7) is 2.58. The van der Waals surface area contributed by atoms with Gasteiger partial charge in [0.1, 0.15) is 0 Å². The van der Waals surface area contributed by atoms with E-state index in [1.807, 2.05) is 0 Å². The summed E-state index contributed by atoms with van der Waals surface area (Å²) in [7, 11) is 1.30. The Hall–Kier alpha value is -1.52. The van der Waals surface area contributed by atoms with Crippen molar-refractivity contribution < 1.29 is 19.1 Å². The lowest BCUT2D eigenvalue weighted by atomic mass is 10.4. The number of hydrogen-bond donors (Lipinski definition) is 1. The van der Waals surface area contributed by atoms with Crippen molar-refractivity contribution in [3.05, 3.63) is 12.3 Å². The molecule has 0 radical (unpaired) electrons. The van der Waals surface area contributed by atoms with Crippen LogP contribution in [0, 0.1) is 0 Å². The van der Waals surface area contributed by atoms with Gasteiger partial charge in [-0.1, -0.05) is 0 Å². The monoisotopic (exact) mass is 201 g/mol. The van der Waals surface area contributed by atoms with Crippen molar-refractivity contribution in [3.8, 4) is 0 Å². The van der Waals surface area contributed by atoms with Crippen LogP contribution >= 0.6 is 0 Å². The van der Waals surface area contributed by atoms with Gasteiger partial charge < -0.3 is 14.8 Å². The van der Waals surface area contributed by atoms with Gasteiger partial charge in [-0.05, 0) is 6.92 Å². The van der Waals surface area contributed by atoms with Crippen molar-refractivity contribution in [2.75, 3.05) is 20.3 Å². The zero-order chi connectivity index (χ0) is 10.8. The fourth-order valence-electron chi connectivity index (χ4n) is 0.686. The van der Waals surface area contributed by atoms with E-state index in [2.05, 4.69) is 10.1 Å². The van der Waals surface area contributed by atoms with Crippen molar-refractivity contribution in [2.45, 2.75) is 13.3 Å². The van der Waals surface area contributed by atoms with E-state index in [4.69, 9.17) is 4.74 Å². The van der Waals surface area contributed by atoms with Crippen LogP contribution in [0.4, 0.5) is 0 Å². The third kappa shape index (κ3) is 7.15. The molecule has 0 aromatic heterocycles. The molecule has 0 amide bonds. The second-order valence-electron chi connectivity index (χ2n) is 2.37. The molecule has 0 aromatic carbocycles. The summed E-state index contributed by atoms with van der Waals surface area (Å²) in [6.07, 6.45) is 2.95. The summed E-state index contributed by atoms with van der Waals surface area (Å²) in [5.74, 6) is -0.694. The van der Waals surface area contributed by atoms with Gasteiger partial charge in [0.05, 0.1) is 20.1 Å². The van der Waals surface area contributed by atoms with E-state index in [9.17, 15) is 9.59 Å². The number of nitrogens with one attached hydrogen (secondary N) is 1. The van der Waals surface area contributed by atoms with E-state index in [0.717, 1.165) is 0 Å². The molecule has 80 valence electrons. The van der Waals surface area contributed by atoms with E-state index in [0.29, 0.717) is 13.2 Å². The van der Waals surface area contributed by atoms with Crippen LogP contribution in [0.25, 0.3) is 0 Å². The van der Waals surface area contributed by atoms with Gasteiger partial charge in [-0.25, -0.2) is 4.79 Å². The fraction of sp³-hybridized carbons (Fsp3) is 0.556. The number of hydrogen-bond acceptors (Lipinski definition) is 5. The molecular formula is C9H15NO4. The minimum atomic E-state index is -0.436. The first-order valence-corrected chi connectivity index (χ1v) is 4.34. The molecule has 5 heteroatoms. The molecule has 0 saturated carbocycles. The first-order valence-electron chi connectivity index (χ1n) is 4.34. The van der Waals surface area contributed by atoms with Crippen LogP contribution in [0.5, 0.6) is 0 Å². The highest BCUT2D eigenvalue weighted by molar-refractivity contribution is 5.81. The maximum atomic E-state index is 10.8. The Morgan fingerprint density at radius 2 is 2.14 bits per heavy atom. The van der Waals surface area contributed by atoms with Gasteiger partial charge in [-0.3, -0.25) is 4.79 Å². The van der Waals surface area contributed by atoms with E-state index in [-0.39, 0.29) is 12.4 Å². The molecule has 0 aliphatic rings. The molecule has 0 aliphatic heterocycles. The van der Waals surface area contributed by atoms with Gasteiger partial charge in [0.2, 0.25) is 0 Å². The number of carbonyl (C=O) groups excluding carboxylic acids is 2. The van der Waals surface area contributed by atoms with Gasteiger partial charge in [0.15, 0.2) is 0 Å². The number of esters is 2. The normalized spacial score (nSPS) is 9.86. The van der Waals surface area contributed by atoms with Crippen LogP contribution < -0.4 is 5.32 Å². The van der Waals surface area contributed by atoms with Gasteiger partial charge in [-0.2, -0.15) is 0 Å². The van der Waals surface area contributed by atoms with Crippen LogP contribution in [0.1, 0.15) is 13.3 Å². The molecule has 0 spiro atoms. The van der Waals surface area contributed by atoms with E-state index in [1.54, 1.807) is 6.92 Å². The summed E-state index contributed by atoms with van der Waals surface area (Å²) in [5, 5.41) is 2.76. The lowest BCUT2D eigenvalue weighted by Gasteiger charge is -2.00. The second-order valence-corrected chi connectivity index (χ2v) is 2.37. The Kier molecular flexibility index (Phi) is 7.22. The predicted octanol–water partition coefficient (Wildman–Crippen LogP) is 0.216. The summed E-state index contributed by atoms with van der Waals surface area (Å²) in [5.41, 5.74) is 0. The minimum absolute atomic E-state index is 0.258. The topological polar surface area (TPSA) is 64.6 Å². The molecule has 0 bridgehead atoms. The summed E-state index contributed by atoms with van der Waals surface area (Å²) >= 11 is 0. The first kappa shape index (κ1) is 12.5. The van der Waals surface area contributed by atoms with Crippen LogP contribution in [0.2, 0.25) is 0 Å². The van der Waals surface area contributed by atoms with Gasteiger partial charge in [0, 0.05) is 18.8 Å². The van der Waals surface area contributed by atoms with Gasteiger partial charge in [0.25, 0.3) is 0 Å². The molecule has 0 fully saturated rings. The summed E-state index contributed by atoms with van der Waals surface area (Å²) < 4.78 is 9.06. The van der Waals surface area contributed by atoms with Crippen molar-refractivity contribution in [1.29, 1.82) is 0 Å². The fourth-order valence-corrected chi connectivity index (χ4v) is 0.686. The summed E-state index contributed by atoms with van der Waals surface area (Å²) in [6, 6.07) is 0. The third-order valence-electron chi connectivity index (χ3n) is 1.32. The Balaban J connectivity index is 3.41. The molecule has 0 saturated heterocycles. The first-order chi connectivity index (χ1) is 6.70. The minimum Gasteiger partial charge on any atom is -0.466 e. The molecule has 0 aliphatic carbocycles. The molecule has 0 atom stereocenters. The number of methoxy groups -OCH3 is 1. The number of ether oxygens (including phenoxy) is 2. The molecule has 14 heavy (non-hydrogen) atoms. The van der Waals surface area contributed by atoms with Crippen molar-refractivity contribution in [3.63, 3.8) is 0 Å². The molecule has 0 rings (SSSR count). The quantitative estimate of drug-likeness (QED) is 0.378. The van der Waals surface area contributed by atoms with Crippen LogP contribution in [-0.4, -0.2) is 32.2 Å². The Bertz CT molecular complexity index is 213. The van der Waals surface area contributed by atoms with Crippen LogP contribution in [-0.2, 0) is 19.1 Å². The number of carbonyl (C=O) groups is 2. The highest BCUT2D eigenvalue weighted by Crippen LogP contribution is 1.84. The standard InChI is InChI=1S/C9H15NO4/c1-3-14-9(12)5-7-10-6-4-8(11)13-2/h4,6,10H,3,5,7H2,1-2H3/b6-4+. The van der Waals surface area contributed by atoms with Crippen molar-refractivity contribution >= 4 is 11.9 Å². The molecule has 1 N–H and O–H groups in total. The highest BCUT2D eigenvalue weighted by atomic mass is 16.5. The number of rotatable bonds is 6. The predicted molar refractivity (Wildman–Crippen MR) is 50.4 cm³/mol. The molecule has 0 heterocycles. The molecular weight excluding hydrogens is 186 g/mol. The largest absolute Gasteiger partial charge is 0.466 e. The van der Waals surface area contributed by atoms with E-state index < -0.39 is 5.97 Å². The Morgan fingerprint density at radius 1 is 1.43 bits per heavy atom. The van der Waals surface area contributed by atoms with E-state index >= 15 is 0 Å². The summed E-state index contributed by atoms with van der Waals surface area (Å²) in [4.78, 5) is 21.4. The van der Waals surface area contributed by atoms with Gasteiger partial charge in [-0.15, -0.1) is 0 Å². The van der Waals surface area contributed by atoms with Crippen LogP contribution in [0.3, 0.4) is 0 Å². The Labute approximate surface area is 83.1 Å². The van der Waals surface area contributed by atoms with Crippen molar-refractivity contribution in [2.24, 2.45) is 0 Å². The average Bonchev–Trinajstić information content (AvgIpc) is 2.17. The SMILES string of the molecule is CCOC(=O)CCN/C=C/C(=O)OC. The lowest BCUT2D eigenvalue weighted by molar-refractivity contribution is -0.143. The molecule has 0 aromatic rings. The van der Waals surface area contributed by atoms with Crippen molar-refractivity contribution in [1.82, 2.24) is 5.32 Å². The second kappa shape index (κ2) is 8.10. The maximum Gasteiger partial charge on any atom is 0.331 e. The Morgan fingerprint density at radius 3 is 2.71 bits per heavy atom. The van der Waals surface area contributed by atoms with E-state index in [1.165, 1.54) is 19.4 Å². The van der Waals surface area contributed by atoms with Gasteiger partial charge >= 0.3 is 11.9 Å². The third-order valence-corrected chi connectivity index (χ3v) is 1.32.